The molecular formula is C20H18FN5O3. The molecule has 2 aromatic carbocycles. The van der Waals surface area contributed by atoms with Crippen molar-refractivity contribution in [2.24, 2.45) is 0 Å². The van der Waals surface area contributed by atoms with Gasteiger partial charge in [-0.05, 0) is 35.9 Å². The number of hydrogen-bond acceptors (Lipinski definition) is 5. The Balaban J connectivity index is 1.72. The SMILES string of the molecule is COc1ccc(F)cc1Cn1c(CO)nn(-c2ccc(-c3cn[nH]c3)cc2)c1=O. The van der Waals surface area contributed by atoms with Gasteiger partial charge < -0.3 is 9.84 Å². The monoisotopic (exact) mass is 395 g/mol. The van der Waals surface area contributed by atoms with Crippen LogP contribution in [0.2, 0.25) is 0 Å². The molecule has 0 saturated heterocycles. The van der Waals surface area contributed by atoms with Crippen LogP contribution in [0, 0.1) is 5.82 Å². The fourth-order valence-corrected chi connectivity index (χ4v) is 3.13. The standard InChI is InChI=1S/C20H18FN5O3/c1-29-18-7-4-16(21)8-14(18)11-25-19(12-27)24-26(20(25)28)17-5-2-13(3-6-17)15-9-22-23-10-15/h2-10,27H,11-12H2,1H3,(H,22,23). The first-order valence-corrected chi connectivity index (χ1v) is 8.82. The third-order valence-corrected chi connectivity index (χ3v) is 4.59. The van der Waals surface area contributed by atoms with Gasteiger partial charge >= 0.3 is 5.69 Å². The lowest BCUT2D eigenvalue weighted by atomic mass is 10.1. The van der Waals surface area contributed by atoms with Gasteiger partial charge in [0.05, 0.1) is 25.5 Å². The molecule has 0 spiro atoms. The number of aliphatic hydroxyl groups excluding tert-OH is 1. The van der Waals surface area contributed by atoms with Crippen LogP contribution in [0.15, 0.2) is 59.7 Å². The number of benzene rings is 2. The Morgan fingerprint density at radius 2 is 1.97 bits per heavy atom. The number of aliphatic hydroxyl groups is 1. The van der Waals surface area contributed by atoms with Gasteiger partial charge in [-0.25, -0.2) is 9.18 Å². The minimum Gasteiger partial charge on any atom is -0.496 e. The zero-order chi connectivity index (χ0) is 20.4. The van der Waals surface area contributed by atoms with Crippen molar-refractivity contribution in [2.45, 2.75) is 13.2 Å². The summed E-state index contributed by atoms with van der Waals surface area (Å²) >= 11 is 0. The smallest absolute Gasteiger partial charge is 0.351 e. The van der Waals surface area contributed by atoms with E-state index >= 15 is 0 Å². The molecule has 0 fully saturated rings. The van der Waals surface area contributed by atoms with Crippen molar-refractivity contribution < 1.29 is 14.2 Å². The number of aromatic amines is 1. The van der Waals surface area contributed by atoms with Gasteiger partial charge in [-0.3, -0.25) is 9.67 Å². The van der Waals surface area contributed by atoms with Crippen LogP contribution in [0.3, 0.4) is 0 Å². The molecule has 0 aliphatic heterocycles. The van der Waals surface area contributed by atoms with Gasteiger partial charge in [0.25, 0.3) is 0 Å². The summed E-state index contributed by atoms with van der Waals surface area (Å²) in [5.74, 6) is 0.168. The molecule has 4 rings (SSSR count). The average Bonchev–Trinajstić information content (AvgIpc) is 3.38. The maximum Gasteiger partial charge on any atom is 0.351 e. The van der Waals surface area contributed by atoms with E-state index in [1.165, 1.54) is 34.6 Å². The molecule has 8 nitrogen and oxygen atoms in total. The van der Waals surface area contributed by atoms with Gasteiger partial charge in [0.2, 0.25) is 0 Å². The number of aromatic nitrogens is 5. The highest BCUT2D eigenvalue weighted by Gasteiger charge is 2.16. The second-order valence-corrected chi connectivity index (χ2v) is 6.34. The van der Waals surface area contributed by atoms with Crippen LogP contribution in [0.4, 0.5) is 4.39 Å². The average molecular weight is 395 g/mol. The summed E-state index contributed by atoms with van der Waals surface area (Å²) in [5, 5.41) is 20.6. The van der Waals surface area contributed by atoms with Gasteiger partial charge in [-0.1, -0.05) is 12.1 Å². The Morgan fingerprint density at radius 1 is 1.17 bits per heavy atom. The first-order chi connectivity index (χ1) is 14.1. The maximum absolute atomic E-state index is 13.7. The number of H-pyrrole nitrogens is 1. The molecule has 0 unspecified atom stereocenters. The van der Waals surface area contributed by atoms with E-state index in [4.69, 9.17) is 4.74 Å². The van der Waals surface area contributed by atoms with E-state index in [1.807, 2.05) is 12.1 Å². The molecule has 2 N–H and O–H groups in total. The fourth-order valence-electron chi connectivity index (χ4n) is 3.13. The number of nitrogens with zero attached hydrogens (tertiary/aromatic N) is 4. The summed E-state index contributed by atoms with van der Waals surface area (Å²) in [6.45, 7) is -0.421. The van der Waals surface area contributed by atoms with Crippen LogP contribution in [-0.4, -0.2) is 36.8 Å². The van der Waals surface area contributed by atoms with Crippen molar-refractivity contribution in [1.82, 2.24) is 24.5 Å². The largest absolute Gasteiger partial charge is 0.496 e. The fraction of sp³-hybridized carbons (Fsp3) is 0.150. The number of hydrogen-bond donors (Lipinski definition) is 2. The molecule has 4 aromatic rings. The van der Waals surface area contributed by atoms with Crippen LogP contribution >= 0.6 is 0 Å². The molecule has 9 heteroatoms. The summed E-state index contributed by atoms with van der Waals surface area (Å²) in [7, 11) is 1.47. The molecule has 0 bridgehead atoms. The van der Waals surface area contributed by atoms with Crippen molar-refractivity contribution in [2.75, 3.05) is 7.11 Å². The van der Waals surface area contributed by atoms with E-state index in [-0.39, 0.29) is 12.4 Å². The molecule has 0 atom stereocenters. The molecule has 29 heavy (non-hydrogen) atoms. The van der Waals surface area contributed by atoms with Crippen molar-refractivity contribution >= 4 is 0 Å². The molecular weight excluding hydrogens is 377 g/mol. The zero-order valence-corrected chi connectivity index (χ0v) is 15.5. The van der Waals surface area contributed by atoms with Crippen LogP contribution in [0.5, 0.6) is 5.75 Å². The van der Waals surface area contributed by atoms with Crippen molar-refractivity contribution in [3.63, 3.8) is 0 Å². The Morgan fingerprint density at radius 3 is 2.62 bits per heavy atom. The van der Waals surface area contributed by atoms with Crippen LogP contribution < -0.4 is 10.4 Å². The number of methoxy groups -OCH3 is 1. The summed E-state index contributed by atoms with van der Waals surface area (Å²) in [6.07, 6.45) is 3.47. The lowest BCUT2D eigenvalue weighted by Crippen LogP contribution is -2.25. The van der Waals surface area contributed by atoms with E-state index in [0.717, 1.165) is 11.1 Å². The van der Waals surface area contributed by atoms with Gasteiger partial charge in [-0.15, -0.1) is 5.10 Å². The summed E-state index contributed by atoms with van der Waals surface area (Å²) in [5.41, 5.74) is 2.42. The highest BCUT2D eigenvalue weighted by atomic mass is 19.1. The molecule has 148 valence electrons. The molecule has 0 saturated carbocycles. The highest BCUT2D eigenvalue weighted by Crippen LogP contribution is 2.21. The Hall–Kier alpha value is -3.72. The Labute approximate surface area is 164 Å². The van der Waals surface area contributed by atoms with Crippen LogP contribution in [0.1, 0.15) is 11.4 Å². The number of rotatable bonds is 6. The van der Waals surface area contributed by atoms with E-state index in [2.05, 4.69) is 15.3 Å². The molecule has 2 aromatic heterocycles. The Bertz CT molecular complexity index is 1180. The third kappa shape index (κ3) is 3.55. The minimum atomic E-state index is -0.448. The molecule has 0 aliphatic rings. The quantitative estimate of drug-likeness (QED) is 0.521. The minimum absolute atomic E-state index is 0.0166. The number of nitrogens with one attached hydrogen (secondary N) is 1. The van der Waals surface area contributed by atoms with Crippen molar-refractivity contribution in [3.8, 4) is 22.6 Å². The molecule has 0 amide bonds. The predicted molar refractivity (Wildman–Crippen MR) is 103 cm³/mol. The highest BCUT2D eigenvalue weighted by molar-refractivity contribution is 5.62. The predicted octanol–water partition coefficient (Wildman–Crippen LogP) is 2.11. The normalized spacial score (nSPS) is 11.0. The van der Waals surface area contributed by atoms with E-state index < -0.39 is 18.1 Å². The number of halogens is 1. The van der Waals surface area contributed by atoms with Gasteiger partial charge in [-0.2, -0.15) is 9.78 Å². The summed E-state index contributed by atoms with van der Waals surface area (Å²) in [4.78, 5) is 13.0. The van der Waals surface area contributed by atoms with Crippen LogP contribution in [0.25, 0.3) is 16.8 Å². The zero-order valence-electron chi connectivity index (χ0n) is 15.5. The van der Waals surface area contributed by atoms with Crippen molar-refractivity contribution in [3.05, 3.63) is 82.5 Å². The lowest BCUT2D eigenvalue weighted by molar-refractivity contribution is 0.264. The lowest BCUT2D eigenvalue weighted by Gasteiger charge is -2.09. The third-order valence-electron chi connectivity index (χ3n) is 4.59. The first kappa shape index (κ1) is 18.6. The summed E-state index contributed by atoms with van der Waals surface area (Å²) in [6, 6.07) is 11.3. The second-order valence-electron chi connectivity index (χ2n) is 6.34. The van der Waals surface area contributed by atoms with E-state index in [0.29, 0.717) is 17.0 Å². The van der Waals surface area contributed by atoms with Gasteiger partial charge in [0.15, 0.2) is 5.82 Å². The topological polar surface area (TPSA) is 98.0 Å². The second kappa shape index (κ2) is 7.72. The van der Waals surface area contributed by atoms with Gasteiger partial charge in [0.1, 0.15) is 18.2 Å². The Kier molecular flexibility index (Phi) is 4.96. The molecule has 0 aliphatic carbocycles. The first-order valence-electron chi connectivity index (χ1n) is 8.82. The van der Waals surface area contributed by atoms with Crippen molar-refractivity contribution in [1.29, 1.82) is 0 Å². The maximum atomic E-state index is 13.7. The van der Waals surface area contributed by atoms with Gasteiger partial charge in [0, 0.05) is 17.3 Å². The number of ether oxygens (including phenoxy) is 1. The molecule has 2 heterocycles. The van der Waals surface area contributed by atoms with E-state index in [1.54, 1.807) is 24.5 Å². The van der Waals surface area contributed by atoms with E-state index in [9.17, 15) is 14.3 Å². The van der Waals surface area contributed by atoms with Crippen LogP contribution in [-0.2, 0) is 13.2 Å². The molecule has 0 radical (unpaired) electrons. The summed E-state index contributed by atoms with van der Waals surface area (Å²) < 4.78 is 21.4.